The first-order valence-electron chi connectivity index (χ1n) is 12.3. The van der Waals surface area contributed by atoms with Gasteiger partial charge >= 0.3 is 0 Å². The minimum absolute atomic E-state index is 0.176. The molecule has 0 aliphatic carbocycles. The monoisotopic (exact) mass is 436 g/mol. The van der Waals surface area contributed by atoms with Crippen LogP contribution in [0.15, 0.2) is 36.4 Å². The van der Waals surface area contributed by atoms with Gasteiger partial charge in [-0.2, -0.15) is 0 Å². The number of fused-ring (bicyclic) bond motifs is 2. The van der Waals surface area contributed by atoms with Crippen LogP contribution in [-0.4, -0.2) is 27.8 Å². The van der Waals surface area contributed by atoms with Crippen molar-refractivity contribution in [1.82, 2.24) is 9.80 Å². The van der Waals surface area contributed by atoms with Gasteiger partial charge in [0.15, 0.2) is 0 Å². The Bertz CT molecular complexity index is 898. The summed E-state index contributed by atoms with van der Waals surface area (Å²) in [5.41, 5.74) is 7.80. The highest BCUT2D eigenvalue weighted by Gasteiger charge is 2.28. The quantitative estimate of drug-likeness (QED) is 0.503. The second-order valence-electron chi connectivity index (χ2n) is 10.1. The molecule has 0 unspecified atom stereocenters. The fourth-order valence-electron chi connectivity index (χ4n) is 4.05. The molecule has 1 amide bonds. The molecule has 0 aromatic heterocycles. The van der Waals surface area contributed by atoms with Gasteiger partial charge in [-0.25, -0.2) is 0 Å². The van der Waals surface area contributed by atoms with E-state index in [9.17, 15) is 4.79 Å². The molecule has 3 heteroatoms. The van der Waals surface area contributed by atoms with Gasteiger partial charge in [-0.05, 0) is 68.9 Å². The number of hydrogen-bond acceptors (Lipinski definition) is 2. The van der Waals surface area contributed by atoms with Gasteiger partial charge in [0.1, 0.15) is 0 Å². The predicted molar refractivity (Wildman–Crippen MR) is 137 cm³/mol. The van der Waals surface area contributed by atoms with Gasteiger partial charge < -0.3 is 4.90 Å². The first-order valence-corrected chi connectivity index (χ1v) is 12.3. The van der Waals surface area contributed by atoms with E-state index in [2.05, 4.69) is 91.5 Å². The first kappa shape index (κ1) is 26.1. The van der Waals surface area contributed by atoms with Crippen LogP contribution in [0.1, 0.15) is 106 Å². The molecule has 0 saturated heterocycles. The topological polar surface area (TPSA) is 23.6 Å². The Morgan fingerprint density at radius 3 is 1.97 bits per heavy atom. The van der Waals surface area contributed by atoms with Crippen molar-refractivity contribution in [1.29, 1.82) is 0 Å². The summed E-state index contributed by atoms with van der Waals surface area (Å²) in [5.74, 6) is 0.818. The molecule has 2 aliphatic heterocycles. The zero-order chi connectivity index (χ0) is 24.0. The van der Waals surface area contributed by atoms with Crippen LogP contribution in [0.5, 0.6) is 0 Å². The molecule has 32 heavy (non-hydrogen) atoms. The van der Waals surface area contributed by atoms with Crippen molar-refractivity contribution in [3.8, 4) is 0 Å². The van der Waals surface area contributed by atoms with Gasteiger partial charge in [0.2, 0.25) is 0 Å². The molecule has 2 heterocycles. The molecule has 0 fully saturated rings. The molecule has 0 bridgehead atoms. The Morgan fingerprint density at radius 1 is 0.781 bits per heavy atom. The highest BCUT2D eigenvalue weighted by molar-refractivity contribution is 5.98. The lowest BCUT2D eigenvalue weighted by atomic mass is 9.99. The lowest BCUT2D eigenvalue weighted by Gasteiger charge is -2.19. The van der Waals surface area contributed by atoms with E-state index in [0.29, 0.717) is 12.0 Å². The van der Waals surface area contributed by atoms with Crippen molar-refractivity contribution in [3.63, 3.8) is 0 Å². The normalized spacial score (nSPS) is 14.9. The van der Waals surface area contributed by atoms with E-state index in [1.54, 1.807) is 0 Å². The lowest BCUT2D eigenvalue weighted by molar-refractivity contribution is 0.0730. The summed E-state index contributed by atoms with van der Waals surface area (Å²) in [6.45, 7) is 22.5. The second-order valence-corrected chi connectivity index (χ2v) is 10.1. The van der Waals surface area contributed by atoms with Crippen molar-refractivity contribution in [2.24, 2.45) is 0 Å². The summed E-state index contributed by atoms with van der Waals surface area (Å²) < 4.78 is 0. The van der Waals surface area contributed by atoms with Crippen LogP contribution in [0.4, 0.5) is 0 Å². The molecule has 176 valence electrons. The lowest BCUT2D eigenvalue weighted by Crippen LogP contribution is -2.30. The predicted octanol–water partition coefficient (Wildman–Crippen LogP) is 7.31. The number of rotatable bonds is 3. The third-order valence-corrected chi connectivity index (χ3v) is 6.09. The molecular formula is C29H44N2O. The number of carbonyl (C=O) groups is 1. The Kier molecular flexibility index (Phi) is 9.51. The molecule has 0 saturated carbocycles. The summed E-state index contributed by atoms with van der Waals surface area (Å²) in [5, 5.41) is 0. The van der Waals surface area contributed by atoms with E-state index in [1.807, 2.05) is 17.0 Å². The van der Waals surface area contributed by atoms with Crippen LogP contribution >= 0.6 is 0 Å². The molecule has 2 aromatic carbocycles. The molecule has 0 radical (unpaired) electrons. The minimum atomic E-state index is 0.176. The number of benzene rings is 2. The number of nitrogens with zero attached hydrogens (tertiary/aromatic N) is 2. The van der Waals surface area contributed by atoms with Crippen molar-refractivity contribution in [2.45, 2.75) is 106 Å². The average molecular weight is 437 g/mol. The van der Waals surface area contributed by atoms with E-state index in [-0.39, 0.29) is 11.9 Å². The van der Waals surface area contributed by atoms with Gasteiger partial charge in [0.05, 0.1) is 0 Å². The fraction of sp³-hybridized carbons (Fsp3) is 0.552. The first-order chi connectivity index (χ1) is 15.1. The summed E-state index contributed by atoms with van der Waals surface area (Å²) in [6.07, 6.45) is 1.25. The summed E-state index contributed by atoms with van der Waals surface area (Å²) in [6, 6.07) is 14.0. The number of carbonyl (C=O) groups excluding carboxylic acids is 1. The van der Waals surface area contributed by atoms with Gasteiger partial charge in [-0.1, -0.05) is 70.0 Å². The molecule has 0 spiro atoms. The van der Waals surface area contributed by atoms with Gasteiger partial charge in [-0.3, -0.25) is 9.69 Å². The van der Waals surface area contributed by atoms with Gasteiger partial charge in [-0.15, -0.1) is 0 Å². The minimum Gasteiger partial charge on any atom is -0.332 e. The third-order valence-electron chi connectivity index (χ3n) is 6.09. The highest BCUT2D eigenvalue weighted by atomic mass is 16.2. The Morgan fingerprint density at radius 2 is 1.41 bits per heavy atom. The van der Waals surface area contributed by atoms with Crippen molar-refractivity contribution in [2.75, 3.05) is 0 Å². The molecule has 0 atom stereocenters. The van der Waals surface area contributed by atoms with E-state index >= 15 is 0 Å². The van der Waals surface area contributed by atoms with E-state index in [1.165, 1.54) is 34.2 Å². The van der Waals surface area contributed by atoms with E-state index in [0.717, 1.165) is 25.2 Å². The third kappa shape index (κ3) is 6.45. The molecule has 3 nitrogen and oxygen atoms in total. The maximum atomic E-state index is 11.9. The second kappa shape index (κ2) is 11.7. The molecule has 0 N–H and O–H groups in total. The van der Waals surface area contributed by atoms with Crippen LogP contribution in [0.25, 0.3) is 0 Å². The van der Waals surface area contributed by atoms with E-state index < -0.39 is 0 Å². The van der Waals surface area contributed by atoms with Crippen molar-refractivity contribution < 1.29 is 4.79 Å². The van der Waals surface area contributed by atoms with Gasteiger partial charge in [0.25, 0.3) is 5.91 Å². The Hall–Kier alpha value is -2.13. The molecule has 4 rings (SSSR count). The standard InChI is InChI=1S/C14H21N.C12H15NO.C3H8/c1-10(2)12-5-6-13-8-15(11(3)4)9-14(13)7-12;1-8(2)13-7-10-6-9(3)4-5-11(10)12(13)14;1-3-2/h5-7,10-11H,8-9H2,1-4H3;4-6,8H,7H2,1-3H3;3H2,1-2H3. The summed E-state index contributed by atoms with van der Waals surface area (Å²) in [7, 11) is 0. The Labute approximate surface area is 196 Å². The fourth-order valence-corrected chi connectivity index (χ4v) is 4.05. The maximum Gasteiger partial charge on any atom is 0.254 e. The Balaban J connectivity index is 0.000000203. The average Bonchev–Trinajstić information content (AvgIpc) is 3.29. The SMILES string of the molecule is CC(C)c1ccc2c(c1)CN(C(C)C)C2.CCC.Cc1ccc2c(c1)CN(C(C)C)C2=O. The zero-order valence-corrected chi connectivity index (χ0v) is 21.8. The smallest absolute Gasteiger partial charge is 0.254 e. The maximum absolute atomic E-state index is 11.9. The van der Waals surface area contributed by atoms with Gasteiger partial charge in [0, 0.05) is 37.3 Å². The van der Waals surface area contributed by atoms with Crippen LogP contribution in [0.3, 0.4) is 0 Å². The van der Waals surface area contributed by atoms with Crippen molar-refractivity contribution >= 4 is 5.91 Å². The molecule has 2 aromatic rings. The van der Waals surface area contributed by atoms with E-state index in [4.69, 9.17) is 0 Å². The van der Waals surface area contributed by atoms with Crippen LogP contribution in [0.2, 0.25) is 0 Å². The molecule has 2 aliphatic rings. The molecular weight excluding hydrogens is 392 g/mol. The zero-order valence-electron chi connectivity index (χ0n) is 21.8. The number of aryl methyl sites for hydroxylation is 1. The largest absolute Gasteiger partial charge is 0.332 e. The number of hydrogen-bond donors (Lipinski definition) is 0. The highest BCUT2D eigenvalue weighted by Crippen LogP contribution is 2.28. The van der Waals surface area contributed by atoms with Crippen LogP contribution in [-0.2, 0) is 19.6 Å². The summed E-state index contributed by atoms with van der Waals surface area (Å²) >= 11 is 0. The van der Waals surface area contributed by atoms with Crippen molar-refractivity contribution in [3.05, 3.63) is 69.8 Å². The van der Waals surface area contributed by atoms with Crippen LogP contribution in [0, 0.1) is 6.92 Å². The number of amides is 1. The summed E-state index contributed by atoms with van der Waals surface area (Å²) in [4.78, 5) is 16.3. The van der Waals surface area contributed by atoms with Crippen LogP contribution < -0.4 is 0 Å².